The highest BCUT2D eigenvalue weighted by molar-refractivity contribution is 6.31. The lowest BCUT2D eigenvalue weighted by molar-refractivity contribution is 0.0689. The van der Waals surface area contributed by atoms with E-state index in [4.69, 9.17) is 16.3 Å². The van der Waals surface area contributed by atoms with Crippen LogP contribution in [0.25, 0.3) is 16.6 Å². The van der Waals surface area contributed by atoms with Gasteiger partial charge in [0, 0.05) is 27.5 Å². The molecule has 1 fully saturated rings. The van der Waals surface area contributed by atoms with Crippen LogP contribution in [-0.2, 0) is 6.61 Å². The van der Waals surface area contributed by atoms with Crippen molar-refractivity contribution in [1.29, 1.82) is 0 Å². The molecule has 2 aromatic heterocycles. The average Bonchev–Trinajstić information content (AvgIpc) is 3.71. The lowest BCUT2D eigenvalue weighted by Gasteiger charge is -2.23. The molecule has 0 radical (unpaired) electrons. The number of rotatable bonds is 9. The van der Waals surface area contributed by atoms with E-state index < -0.39 is 12.0 Å². The number of carbonyl (C=O) groups is 1. The molecule has 1 aliphatic rings. The number of carboxylic acids is 1. The van der Waals surface area contributed by atoms with Crippen molar-refractivity contribution in [2.75, 3.05) is 0 Å². The molecule has 6 rings (SSSR count). The van der Waals surface area contributed by atoms with Crippen molar-refractivity contribution in [2.45, 2.75) is 44.4 Å². The number of fused-ring (bicyclic) bond motifs is 1. The minimum Gasteiger partial charge on any atom is -0.489 e. The van der Waals surface area contributed by atoms with Gasteiger partial charge >= 0.3 is 5.97 Å². The van der Waals surface area contributed by atoms with Crippen LogP contribution in [0, 0.1) is 0 Å². The Kier molecular flexibility index (Phi) is 7.00. The number of carboxylic acid groups (broad SMARTS) is 1. The normalized spacial score (nSPS) is 14.6. The first kappa shape index (κ1) is 25.1. The van der Waals surface area contributed by atoms with E-state index >= 15 is 0 Å². The average molecular weight is 543 g/mol. The van der Waals surface area contributed by atoms with E-state index in [9.17, 15) is 9.90 Å². The zero-order chi connectivity index (χ0) is 26.8. The van der Waals surface area contributed by atoms with Crippen molar-refractivity contribution in [3.8, 4) is 11.4 Å². The van der Waals surface area contributed by atoms with Crippen molar-refractivity contribution >= 4 is 28.5 Å². The molecule has 0 bridgehead atoms. The largest absolute Gasteiger partial charge is 0.489 e. The van der Waals surface area contributed by atoms with Crippen LogP contribution in [0.1, 0.15) is 59.2 Å². The maximum absolute atomic E-state index is 12.4. The highest BCUT2D eigenvalue weighted by Gasteiger charge is 2.32. The van der Waals surface area contributed by atoms with Gasteiger partial charge in [0.25, 0.3) is 0 Å². The van der Waals surface area contributed by atoms with Crippen molar-refractivity contribution < 1.29 is 14.6 Å². The number of aromatic carboxylic acids is 1. The van der Waals surface area contributed by atoms with E-state index in [0.717, 1.165) is 48.1 Å². The molecule has 3 N–H and O–H groups in total. The minimum absolute atomic E-state index is 0.0852. The third-order valence-electron chi connectivity index (χ3n) is 7.14. The summed E-state index contributed by atoms with van der Waals surface area (Å²) in [4.78, 5) is 15.4. The molecule has 39 heavy (non-hydrogen) atoms. The van der Waals surface area contributed by atoms with Crippen LogP contribution in [0.4, 0.5) is 0 Å². The Hall–Kier alpha value is -4.21. The number of tetrazole rings is 1. The lowest BCUT2D eigenvalue weighted by atomic mass is 10.00. The van der Waals surface area contributed by atoms with Crippen LogP contribution in [0.5, 0.6) is 5.75 Å². The third kappa shape index (κ3) is 5.23. The molecule has 198 valence electrons. The number of nitrogens with one attached hydrogen (secondary N) is 2. The second-order valence-corrected chi connectivity index (χ2v) is 10.1. The fourth-order valence-electron chi connectivity index (χ4n) is 5.26. The first-order valence-corrected chi connectivity index (χ1v) is 13.3. The minimum atomic E-state index is -1.06. The highest BCUT2D eigenvalue weighted by atomic mass is 35.5. The summed E-state index contributed by atoms with van der Waals surface area (Å²) in [6, 6.07) is 22.5. The van der Waals surface area contributed by atoms with E-state index in [1.54, 1.807) is 16.8 Å². The monoisotopic (exact) mass is 542 g/mol. The van der Waals surface area contributed by atoms with Crippen LogP contribution < -0.4 is 10.1 Å². The maximum atomic E-state index is 12.4. The molecule has 1 aliphatic carbocycles. The highest BCUT2D eigenvalue weighted by Crippen LogP contribution is 2.35. The first-order valence-electron chi connectivity index (χ1n) is 12.9. The molecule has 0 amide bonds. The van der Waals surface area contributed by atoms with Crippen LogP contribution in [0.2, 0.25) is 5.02 Å². The summed E-state index contributed by atoms with van der Waals surface area (Å²) in [7, 11) is 0. The summed E-state index contributed by atoms with van der Waals surface area (Å²) >= 11 is 6.22. The molecule has 10 heteroatoms. The van der Waals surface area contributed by atoms with Gasteiger partial charge in [-0.2, -0.15) is 4.68 Å². The summed E-state index contributed by atoms with van der Waals surface area (Å²) < 4.78 is 7.58. The number of aromatic amines is 1. The van der Waals surface area contributed by atoms with E-state index in [1.165, 1.54) is 0 Å². The Labute approximate surface area is 229 Å². The van der Waals surface area contributed by atoms with E-state index in [2.05, 4.69) is 25.8 Å². The van der Waals surface area contributed by atoms with E-state index in [-0.39, 0.29) is 11.7 Å². The second-order valence-electron chi connectivity index (χ2n) is 9.71. The summed E-state index contributed by atoms with van der Waals surface area (Å²) in [5.74, 6) is 0.159. The molecule has 3 aromatic carbocycles. The Morgan fingerprint density at radius 1 is 1.10 bits per heavy atom. The van der Waals surface area contributed by atoms with Gasteiger partial charge in [-0.25, -0.2) is 4.79 Å². The van der Waals surface area contributed by atoms with Gasteiger partial charge in [0.2, 0.25) is 0 Å². The fraction of sp³-hybridized carbons (Fsp3) is 0.241. The molecule has 0 spiro atoms. The van der Waals surface area contributed by atoms with Crippen LogP contribution in [0.15, 0.2) is 72.8 Å². The number of benzene rings is 3. The number of H-pyrrole nitrogens is 1. The van der Waals surface area contributed by atoms with Crippen molar-refractivity contribution in [1.82, 2.24) is 30.5 Å². The Balaban J connectivity index is 1.37. The molecule has 1 atom stereocenters. The number of hydrogen-bond donors (Lipinski definition) is 3. The molecule has 0 aliphatic heterocycles. The molecule has 5 aromatic rings. The number of halogens is 1. The topological polar surface area (TPSA) is 118 Å². The quantitative estimate of drug-likeness (QED) is 0.219. The smallest absolute Gasteiger partial charge is 0.352 e. The number of aromatic nitrogens is 5. The van der Waals surface area contributed by atoms with Gasteiger partial charge in [0.15, 0.2) is 5.82 Å². The molecule has 1 unspecified atom stereocenters. The van der Waals surface area contributed by atoms with Crippen LogP contribution in [-0.4, -0.2) is 42.3 Å². The van der Waals surface area contributed by atoms with Gasteiger partial charge < -0.3 is 20.1 Å². The molecular formula is C29H27ClN6O3. The van der Waals surface area contributed by atoms with Gasteiger partial charge in [0.05, 0.1) is 11.7 Å². The van der Waals surface area contributed by atoms with Gasteiger partial charge in [-0.3, -0.25) is 0 Å². The molecule has 1 saturated carbocycles. The predicted molar refractivity (Wildman–Crippen MR) is 147 cm³/mol. The van der Waals surface area contributed by atoms with Crippen molar-refractivity contribution in [2.24, 2.45) is 0 Å². The van der Waals surface area contributed by atoms with Crippen molar-refractivity contribution in [3.63, 3.8) is 0 Å². The summed E-state index contributed by atoms with van der Waals surface area (Å²) in [5.41, 5.74) is 3.13. The standard InChI is InChI=1S/C29H27ClN6O3/c30-19-10-15-23-24(16-19)32-27(29(37)38)25(23)26(31-20-8-4-5-9-20)28-33-34-35-36(28)21-11-13-22(14-12-21)39-17-18-6-2-1-3-7-18/h1-3,6-7,10-16,20,26,31-32H,4-5,8-9,17H2,(H,37,38). The third-order valence-corrected chi connectivity index (χ3v) is 7.38. The van der Waals surface area contributed by atoms with E-state index in [0.29, 0.717) is 28.5 Å². The molecule has 2 heterocycles. The van der Waals surface area contributed by atoms with Gasteiger partial charge in [0.1, 0.15) is 18.1 Å². The SMILES string of the molecule is O=C(O)c1[nH]c2cc(Cl)ccc2c1C(NC1CCCC1)c1nnnn1-c1ccc(OCc2ccccc2)cc1. The van der Waals surface area contributed by atoms with Crippen LogP contribution >= 0.6 is 11.6 Å². The lowest BCUT2D eigenvalue weighted by Crippen LogP contribution is -2.34. The fourth-order valence-corrected chi connectivity index (χ4v) is 5.43. The summed E-state index contributed by atoms with van der Waals surface area (Å²) in [6.07, 6.45) is 4.24. The second kappa shape index (κ2) is 10.9. The first-order chi connectivity index (χ1) is 19.1. The van der Waals surface area contributed by atoms with E-state index in [1.807, 2.05) is 60.7 Å². The zero-order valence-corrected chi connectivity index (χ0v) is 21.8. The Morgan fingerprint density at radius 3 is 2.62 bits per heavy atom. The Bertz CT molecular complexity index is 1590. The summed E-state index contributed by atoms with van der Waals surface area (Å²) in [6.45, 7) is 0.465. The van der Waals surface area contributed by atoms with Gasteiger partial charge in [-0.1, -0.05) is 60.8 Å². The predicted octanol–water partition coefficient (Wildman–Crippen LogP) is 5.70. The number of ether oxygens (including phenoxy) is 1. The molecule has 0 saturated heterocycles. The van der Waals surface area contributed by atoms with Gasteiger partial charge in [-0.05, 0) is 65.2 Å². The number of hydrogen-bond acceptors (Lipinski definition) is 6. The number of nitrogens with zero attached hydrogens (tertiary/aromatic N) is 4. The van der Waals surface area contributed by atoms with Crippen LogP contribution in [0.3, 0.4) is 0 Å². The zero-order valence-electron chi connectivity index (χ0n) is 21.0. The Morgan fingerprint density at radius 2 is 1.87 bits per heavy atom. The van der Waals surface area contributed by atoms with Gasteiger partial charge in [-0.15, -0.1) is 5.10 Å². The molecule has 9 nitrogen and oxygen atoms in total. The summed E-state index contributed by atoms with van der Waals surface area (Å²) in [5, 5.41) is 27.7. The van der Waals surface area contributed by atoms with Crippen molar-refractivity contribution in [3.05, 3.63) is 100 Å². The molecular weight excluding hydrogens is 516 g/mol. The maximum Gasteiger partial charge on any atom is 0.352 e.